The van der Waals surface area contributed by atoms with Gasteiger partial charge in [-0.05, 0) is 0 Å². The number of fused-ring (bicyclic) bond motifs is 1. The van der Waals surface area contributed by atoms with Crippen LogP contribution < -0.4 is 0 Å². The van der Waals surface area contributed by atoms with Crippen LogP contribution in [0.5, 0.6) is 0 Å². The molecule has 5 nitrogen and oxygen atoms in total. The van der Waals surface area contributed by atoms with E-state index in [9.17, 15) is 0 Å². The van der Waals surface area contributed by atoms with E-state index in [1.54, 1.807) is 17.7 Å². The number of aromatic nitrogens is 4. The third-order valence-electron chi connectivity index (χ3n) is 1.61. The Kier molecular flexibility index (Phi) is 2.12. The van der Waals surface area contributed by atoms with Gasteiger partial charge in [-0.25, -0.2) is 0 Å². The van der Waals surface area contributed by atoms with Crippen LogP contribution in [0.1, 0.15) is 5.82 Å². The van der Waals surface area contributed by atoms with E-state index in [1.807, 2.05) is 0 Å². The molecule has 0 bridgehead atoms. The summed E-state index contributed by atoms with van der Waals surface area (Å²) in [4.78, 5) is 3.89. The fraction of sp³-hybridized carbons (Fsp3) is 0.286. The van der Waals surface area contributed by atoms with Crippen molar-refractivity contribution in [2.75, 3.05) is 7.11 Å². The van der Waals surface area contributed by atoms with Crippen LogP contribution >= 0.6 is 11.6 Å². The predicted octanol–water partition coefficient (Wildman–Crippen LogP) is 0.924. The molecule has 68 valence electrons. The highest BCUT2D eigenvalue weighted by molar-refractivity contribution is 6.29. The van der Waals surface area contributed by atoms with Gasteiger partial charge < -0.3 is 4.74 Å². The van der Waals surface area contributed by atoms with E-state index in [4.69, 9.17) is 16.3 Å². The lowest BCUT2D eigenvalue weighted by Crippen LogP contribution is -1.97. The van der Waals surface area contributed by atoms with Gasteiger partial charge in [0.15, 0.2) is 11.5 Å². The maximum Gasteiger partial charge on any atom is 0.180 e. The zero-order chi connectivity index (χ0) is 9.26. The van der Waals surface area contributed by atoms with Gasteiger partial charge in [-0.3, -0.25) is 9.38 Å². The number of methoxy groups -OCH3 is 1. The molecule has 6 heteroatoms. The lowest BCUT2D eigenvalue weighted by Gasteiger charge is -1.99. The molecular formula is C7H7ClN4O. The predicted molar refractivity (Wildman–Crippen MR) is 46.5 cm³/mol. The average molecular weight is 199 g/mol. The smallest absolute Gasteiger partial charge is 0.180 e. The lowest BCUT2D eigenvalue weighted by atomic mass is 10.6. The number of hydrogen-bond donors (Lipinski definition) is 0. The molecule has 2 aromatic rings. The van der Waals surface area contributed by atoms with Gasteiger partial charge in [0.25, 0.3) is 0 Å². The van der Waals surface area contributed by atoms with Crippen LogP contribution in [0.25, 0.3) is 5.65 Å². The molecule has 0 saturated heterocycles. The minimum absolute atomic E-state index is 0.380. The summed E-state index contributed by atoms with van der Waals surface area (Å²) in [6, 6.07) is 0. The monoisotopic (exact) mass is 198 g/mol. The summed E-state index contributed by atoms with van der Waals surface area (Å²) in [6.45, 7) is 0.380. The lowest BCUT2D eigenvalue weighted by molar-refractivity contribution is 0.177. The Labute approximate surface area is 79.3 Å². The quantitative estimate of drug-likeness (QED) is 0.720. The van der Waals surface area contributed by atoms with Gasteiger partial charge in [0, 0.05) is 7.11 Å². The number of halogens is 1. The van der Waals surface area contributed by atoms with Crippen molar-refractivity contribution in [2.24, 2.45) is 0 Å². The molecule has 0 unspecified atom stereocenters. The van der Waals surface area contributed by atoms with Crippen molar-refractivity contribution in [1.29, 1.82) is 0 Å². The molecular weight excluding hydrogens is 192 g/mol. The van der Waals surface area contributed by atoms with Crippen LogP contribution in [-0.4, -0.2) is 26.7 Å². The third kappa shape index (κ3) is 1.36. The molecule has 0 aliphatic rings. The second-order valence-electron chi connectivity index (χ2n) is 2.47. The van der Waals surface area contributed by atoms with E-state index in [0.29, 0.717) is 23.2 Å². The van der Waals surface area contributed by atoms with Crippen LogP contribution in [0, 0.1) is 0 Å². The van der Waals surface area contributed by atoms with E-state index >= 15 is 0 Å². The van der Waals surface area contributed by atoms with Crippen LogP contribution in [0.2, 0.25) is 5.15 Å². The fourth-order valence-electron chi connectivity index (χ4n) is 1.09. The highest BCUT2D eigenvalue weighted by atomic mass is 35.5. The molecule has 0 N–H and O–H groups in total. The summed E-state index contributed by atoms with van der Waals surface area (Å²) in [5.41, 5.74) is 0.625. The Balaban J connectivity index is 2.64. The van der Waals surface area contributed by atoms with E-state index in [0.717, 1.165) is 0 Å². The summed E-state index contributed by atoms with van der Waals surface area (Å²) < 4.78 is 6.64. The molecule has 2 rings (SSSR count). The second kappa shape index (κ2) is 3.27. The third-order valence-corrected chi connectivity index (χ3v) is 1.88. The fourth-order valence-corrected chi connectivity index (χ4v) is 1.33. The maximum atomic E-state index is 5.90. The minimum Gasteiger partial charge on any atom is -0.377 e. The molecule has 2 aromatic heterocycles. The molecule has 0 aromatic carbocycles. The van der Waals surface area contributed by atoms with E-state index in [2.05, 4.69) is 15.2 Å². The van der Waals surface area contributed by atoms with Crippen molar-refractivity contribution < 1.29 is 4.74 Å². The Morgan fingerprint density at radius 2 is 2.31 bits per heavy atom. The van der Waals surface area contributed by atoms with Gasteiger partial charge in [0.2, 0.25) is 0 Å². The highest BCUT2D eigenvalue weighted by Gasteiger charge is 2.07. The van der Waals surface area contributed by atoms with Gasteiger partial charge in [0.1, 0.15) is 11.8 Å². The SMILES string of the molecule is COCc1nnc2cncc(Cl)n12. The van der Waals surface area contributed by atoms with Crippen molar-refractivity contribution in [1.82, 2.24) is 19.6 Å². The van der Waals surface area contributed by atoms with Gasteiger partial charge in [-0.2, -0.15) is 0 Å². The number of nitrogens with zero attached hydrogens (tertiary/aromatic N) is 4. The van der Waals surface area contributed by atoms with E-state index < -0.39 is 0 Å². The molecule has 0 saturated carbocycles. The van der Waals surface area contributed by atoms with Crippen molar-refractivity contribution in [2.45, 2.75) is 6.61 Å². The van der Waals surface area contributed by atoms with Gasteiger partial charge in [0.05, 0.1) is 12.4 Å². The standard InChI is InChI=1S/C7H7ClN4O/c1-13-4-7-11-10-6-3-9-2-5(8)12(6)7/h2-3H,4H2,1H3. The van der Waals surface area contributed by atoms with Crippen molar-refractivity contribution >= 4 is 17.2 Å². The average Bonchev–Trinajstić information content (AvgIpc) is 2.51. The first-order valence-corrected chi connectivity index (χ1v) is 4.03. The molecule has 0 amide bonds. The number of hydrogen-bond acceptors (Lipinski definition) is 4. The molecule has 0 radical (unpaired) electrons. The van der Waals surface area contributed by atoms with Crippen LogP contribution in [0.15, 0.2) is 12.4 Å². The molecule has 0 atom stereocenters. The molecule has 13 heavy (non-hydrogen) atoms. The normalized spacial score (nSPS) is 10.9. The Hall–Kier alpha value is -1.20. The first-order chi connectivity index (χ1) is 6.33. The topological polar surface area (TPSA) is 52.3 Å². The summed E-state index contributed by atoms with van der Waals surface area (Å²) in [6.07, 6.45) is 3.13. The Bertz CT molecular complexity index is 427. The zero-order valence-electron chi connectivity index (χ0n) is 6.94. The Morgan fingerprint density at radius 3 is 3.08 bits per heavy atom. The maximum absolute atomic E-state index is 5.90. The van der Waals surface area contributed by atoms with Crippen LogP contribution in [0.3, 0.4) is 0 Å². The second-order valence-corrected chi connectivity index (χ2v) is 2.86. The van der Waals surface area contributed by atoms with Gasteiger partial charge in [-0.15, -0.1) is 10.2 Å². The minimum atomic E-state index is 0.380. The molecule has 0 spiro atoms. The van der Waals surface area contributed by atoms with Crippen molar-refractivity contribution in [3.05, 3.63) is 23.4 Å². The summed E-state index contributed by atoms with van der Waals surface area (Å²) in [5, 5.41) is 8.27. The first kappa shape index (κ1) is 8.40. The van der Waals surface area contributed by atoms with Gasteiger partial charge in [-0.1, -0.05) is 11.6 Å². The van der Waals surface area contributed by atoms with Crippen molar-refractivity contribution in [3.63, 3.8) is 0 Å². The summed E-state index contributed by atoms with van der Waals surface area (Å²) >= 11 is 5.90. The first-order valence-electron chi connectivity index (χ1n) is 3.65. The van der Waals surface area contributed by atoms with Crippen molar-refractivity contribution in [3.8, 4) is 0 Å². The largest absolute Gasteiger partial charge is 0.377 e. The summed E-state index contributed by atoms with van der Waals surface area (Å²) in [7, 11) is 1.59. The summed E-state index contributed by atoms with van der Waals surface area (Å²) in [5.74, 6) is 0.671. The molecule has 0 fully saturated rings. The van der Waals surface area contributed by atoms with E-state index in [-0.39, 0.29) is 0 Å². The number of rotatable bonds is 2. The molecule has 2 heterocycles. The zero-order valence-corrected chi connectivity index (χ0v) is 7.69. The molecule has 0 aliphatic heterocycles. The molecule has 0 aliphatic carbocycles. The van der Waals surface area contributed by atoms with E-state index in [1.165, 1.54) is 6.20 Å². The van der Waals surface area contributed by atoms with Crippen LogP contribution in [0.4, 0.5) is 0 Å². The number of ether oxygens (including phenoxy) is 1. The van der Waals surface area contributed by atoms with Crippen LogP contribution in [-0.2, 0) is 11.3 Å². The highest BCUT2D eigenvalue weighted by Crippen LogP contribution is 2.11. The van der Waals surface area contributed by atoms with Gasteiger partial charge >= 0.3 is 0 Å². The Morgan fingerprint density at radius 1 is 1.46 bits per heavy atom.